The zero-order valence-electron chi connectivity index (χ0n) is 12.6. The van der Waals surface area contributed by atoms with Crippen molar-refractivity contribution in [3.8, 4) is 11.5 Å². The second kappa shape index (κ2) is 9.32. The summed E-state index contributed by atoms with van der Waals surface area (Å²) in [6.45, 7) is -1.02. The van der Waals surface area contributed by atoms with Crippen LogP contribution in [-0.4, -0.2) is 39.3 Å². The lowest BCUT2D eigenvalue weighted by Crippen LogP contribution is -2.30. The number of alkyl halides is 2. The van der Waals surface area contributed by atoms with Crippen LogP contribution in [0.5, 0.6) is 11.5 Å². The highest BCUT2D eigenvalue weighted by Crippen LogP contribution is 2.32. The molecule has 0 aromatic heterocycles. The fourth-order valence-corrected chi connectivity index (χ4v) is 2.19. The summed E-state index contributed by atoms with van der Waals surface area (Å²) in [5, 5.41) is 5.89. The van der Waals surface area contributed by atoms with Gasteiger partial charge in [-0.1, -0.05) is 17.7 Å². The molecular formula is C15H19ClF2N2O3. The molecule has 0 saturated heterocycles. The van der Waals surface area contributed by atoms with E-state index in [-0.39, 0.29) is 29.5 Å². The van der Waals surface area contributed by atoms with Gasteiger partial charge in [0.1, 0.15) is 0 Å². The third-order valence-corrected chi connectivity index (χ3v) is 3.28. The fourth-order valence-electron chi connectivity index (χ4n) is 2.19. The van der Waals surface area contributed by atoms with Gasteiger partial charge in [0.2, 0.25) is 0 Å². The van der Waals surface area contributed by atoms with Crippen LogP contribution < -0.4 is 20.1 Å². The van der Waals surface area contributed by atoms with Gasteiger partial charge >= 0.3 is 6.61 Å². The molecule has 1 aromatic rings. The van der Waals surface area contributed by atoms with Crippen LogP contribution in [0.4, 0.5) is 8.78 Å². The molecular weight excluding hydrogens is 330 g/mol. The zero-order valence-corrected chi connectivity index (χ0v) is 13.4. The molecule has 0 bridgehead atoms. The molecule has 0 atom stereocenters. The van der Waals surface area contributed by atoms with E-state index < -0.39 is 12.5 Å². The SMILES string of the molecule is COc1cccc(C(=O)NCC2=CCNCC2)c1OC(F)F.Cl. The maximum Gasteiger partial charge on any atom is 0.387 e. The number of hydrogen-bond acceptors (Lipinski definition) is 4. The van der Waals surface area contributed by atoms with Crippen LogP contribution in [0.15, 0.2) is 29.8 Å². The lowest BCUT2D eigenvalue weighted by Gasteiger charge is -2.16. The Morgan fingerprint density at radius 3 is 2.83 bits per heavy atom. The van der Waals surface area contributed by atoms with E-state index in [1.54, 1.807) is 6.07 Å². The van der Waals surface area contributed by atoms with Crippen LogP contribution in [0.25, 0.3) is 0 Å². The van der Waals surface area contributed by atoms with E-state index in [1.165, 1.54) is 19.2 Å². The average molecular weight is 349 g/mol. The van der Waals surface area contributed by atoms with E-state index in [9.17, 15) is 13.6 Å². The number of methoxy groups -OCH3 is 1. The molecule has 0 radical (unpaired) electrons. The third-order valence-electron chi connectivity index (χ3n) is 3.28. The van der Waals surface area contributed by atoms with Crippen molar-refractivity contribution >= 4 is 18.3 Å². The summed E-state index contributed by atoms with van der Waals surface area (Å²) in [7, 11) is 1.33. The van der Waals surface area contributed by atoms with E-state index in [4.69, 9.17) is 4.74 Å². The molecule has 1 aromatic carbocycles. The first kappa shape index (κ1) is 19.2. The number of halogens is 3. The zero-order chi connectivity index (χ0) is 15.9. The number of nitrogens with one attached hydrogen (secondary N) is 2. The van der Waals surface area contributed by atoms with E-state index in [1.807, 2.05) is 6.08 Å². The van der Waals surface area contributed by atoms with Crippen molar-refractivity contribution in [2.24, 2.45) is 0 Å². The topological polar surface area (TPSA) is 59.6 Å². The summed E-state index contributed by atoms with van der Waals surface area (Å²) < 4.78 is 34.5. The Hall–Kier alpha value is -1.86. The molecule has 2 rings (SSSR count). The Morgan fingerprint density at radius 1 is 1.43 bits per heavy atom. The summed E-state index contributed by atoms with van der Waals surface area (Å²) in [5.41, 5.74) is 1.13. The van der Waals surface area contributed by atoms with Crippen molar-refractivity contribution in [3.05, 3.63) is 35.4 Å². The summed E-state index contributed by atoms with van der Waals surface area (Å²) in [5.74, 6) is -0.639. The van der Waals surface area contributed by atoms with Crippen LogP contribution >= 0.6 is 12.4 Å². The van der Waals surface area contributed by atoms with Crippen LogP contribution in [0.2, 0.25) is 0 Å². The molecule has 2 N–H and O–H groups in total. The molecule has 0 unspecified atom stereocenters. The molecule has 1 aliphatic rings. The third kappa shape index (κ3) is 5.37. The van der Waals surface area contributed by atoms with Crippen LogP contribution in [0.3, 0.4) is 0 Å². The highest BCUT2D eigenvalue weighted by atomic mass is 35.5. The van der Waals surface area contributed by atoms with Crippen molar-refractivity contribution in [3.63, 3.8) is 0 Å². The number of ether oxygens (including phenoxy) is 2. The monoisotopic (exact) mass is 348 g/mol. The van der Waals surface area contributed by atoms with Crippen molar-refractivity contribution in [2.45, 2.75) is 13.0 Å². The maximum atomic E-state index is 12.5. The smallest absolute Gasteiger partial charge is 0.387 e. The number of carbonyl (C=O) groups is 1. The van der Waals surface area contributed by atoms with Gasteiger partial charge in [0.05, 0.1) is 12.7 Å². The maximum absolute atomic E-state index is 12.5. The first-order valence-corrected chi connectivity index (χ1v) is 6.90. The molecule has 0 saturated carbocycles. The van der Waals surface area contributed by atoms with E-state index in [0.717, 1.165) is 25.1 Å². The molecule has 0 aliphatic carbocycles. The Bertz CT molecular complexity index is 568. The number of amides is 1. The molecule has 0 fully saturated rings. The molecule has 23 heavy (non-hydrogen) atoms. The summed E-state index contributed by atoms with van der Waals surface area (Å²) in [6.07, 6.45) is 2.85. The van der Waals surface area contributed by atoms with Gasteiger partial charge in [-0.3, -0.25) is 4.79 Å². The first-order valence-electron chi connectivity index (χ1n) is 6.90. The second-order valence-corrected chi connectivity index (χ2v) is 4.71. The normalized spacial score (nSPS) is 13.8. The summed E-state index contributed by atoms with van der Waals surface area (Å²) in [4.78, 5) is 12.2. The minimum atomic E-state index is -3.03. The molecule has 1 aliphatic heterocycles. The standard InChI is InChI=1S/C15H18F2N2O3.ClH/c1-21-12-4-2-3-11(13(12)22-15(16)17)14(20)19-9-10-5-7-18-8-6-10;/h2-5,15,18H,6-9H2,1H3,(H,19,20);1H. The number of benzene rings is 1. The lowest BCUT2D eigenvalue weighted by atomic mass is 10.1. The van der Waals surface area contributed by atoms with Crippen molar-refractivity contribution in [1.29, 1.82) is 0 Å². The van der Waals surface area contributed by atoms with Crippen molar-refractivity contribution in [1.82, 2.24) is 10.6 Å². The highest BCUT2D eigenvalue weighted by molar-refractivity contribution is 5.97. The predicted molar refractivity (Wildman–Crippen MR) is 84.8 cm³/mol. The fraction of sp³-hybridized carbons (Fsp3) is 0.400. The molecule has 1 amide bonds. The molecule has 5 nitrogen and oxygen atoms in total. The summed E-state index contributed by atoms with van der Waals surface area (Å²) in [6, 6.07) is 4.44. The summed E-state index contributed by atoms with van der Waals surface area (Å²) >= 11 is 0. The molecule has 128 valence electrons. The van der Waals surface area contributed by atoms with E-state index in [0.29, 0.717) is 6.54 Å². The van der Waals surface area contributed by atoms with Gasteiger partial charge in [-0.2, -0.15) is 8.78 Å². The minimum absolute atomic E-state index is 0. The van der Waals surface area contributed by atoms with Crippen LogP contribution in [0.1, 0.15) is 16.8 Å². The van der Waals surface area contributed by atoms with Crippen molar-refractivity contribution in [2.75, 3.05) is 26.7 Å². The van der Waals surface area contributed by atoms with Gasteiger partial charge in [-0.25, -0.2) is 0 Å². The number of hydrogen-bond donors (Lipinski definition) is 2. The number of para-hydroxylation sites is 1. The predicted octanol–water partition coefficient (Wildman–Crippen LogP) is 2.37. The van der Waals surface area contributed by atoms with Gasteiger partial charge < -0.3 is 20.1 Å². The van der Waals surface area contributed by atoms with Crippen LogP contribution in [0, 0.1) is 0 Å². The molecule has 0 spiro atoms. The highest BCUT2D eigenvalue weighted by Gasteiger charge is 2.20. The Kier molecular flexibility index (Phi) is 7.77. The number of carbonyl (C=O) groups excluding carboxylic acids is 1. The van der Waals surface area contributed by atoms with Gasteiger partial charge in [0, 0.05) is 13.1 Å². The molecule has 1 heterocycles. The molecule has 8 heteroatoms. The van der Waals surface area contributed by atoms with E-state index in [2.05, 4.69) is 15.4 Å². The van der Waals surface area contributed by atoms with Crippen LogP contribution in [-0.2, 0) is 0 Å². The Labute approximate surface area is 139 Å². The lowest BCUT2D eigenvalue weighted by molar-refractivity contribution is -0.0515. The van der Waals surface area contributed by atoms with Gasteiger partial charge in [-0.05, 0) is 25.1 Å². The quantitative estimate of drug-likeness (QED) is 0.775. The second-order valence-electron chi connectivity index (χ2n) is 4.71. The first-order chi connectivity index (χ1) is 10.6. The minimum Gasteiger partial charge on any atom is -0.493 e. The van der Waals surface area contributed by atoms with Gasteiger partial charge in [0.25, 0.3) is 5.91 Å². The van der Waals surface area contributed by atoms with Crippen molar-refractivity contribution < 1.29 is 23.0 Å². The number of rotatable bonds is 6. The van der Waals surface area contributed by atoms with Gasteiger partial charge in [-0.15, -0.1) is 12.4 Å². The van der Waals surface area contributed by atoms with E-state index >= 15 is 0 Å². The average Bonchev–Trinajstić information content (AvgIpc) is 2.53. The Morgan fingerprint density at radius 2 is 2.22 bits per heavy atom. The largest absolute Gasteiger partial charge is 0.493 e. The van der Waals surface area contributed by atoms with Gasteiger partial charge in [0.15, 0.2) is 11.5 Å². The Balaban J connectivity index is 0.00000264.